The molecule has 0 aliphatic carbocycles. The van der Waals surface area contributed by atoms with E-state index in [2.05, 4.69) is 10.2 Å². The summed E-state index contributed by atoms with van der Waals surface area (Å²) in [5, 5.41) is 6.68. The molecule has 1 atom stereocenters. The first-order valence-corrected chi connectivity index (χ1v) is 5.43. The molecular formula is C9H12N4O2S. The van der Waals surface area contributed by atoms with Gasteiger partial charge in [-0.2, -0.15) is 5.10 Å². The van der Waals surface area contributed by atoms with Gasteiger partial charge in [0.25, 0.3) is 5.91 Å². The van der Waals surface area contributed by atoms with Crippen molar-refractivity contribution < 1.29 is 9.59 Å². The van der Waals surface area contributed by atoms with Crippen LogP contribution in [0.3, 0.4) is 0 Å². The highest BCUT2D eigenvalue weighted by Gasteiger charge is 2.38. The smallest absolute Gasteiger partial charge is 0.252 e. The monoisotopic (exact) mass is 240 g/mol. The number of carbonyl (C=O) groups excluding carboxylic acids is 2. The number of likely N-dealkylation sites (tertiary alicyclic amines) is 1. The first-order chi connectivity index (χ1) is 7.56. The number of aromatic nitrogens is 3. The van der Waals surface area contributed by atoms with E-state index in [1.165, 1.54) is 7.05 Å². The summed E-state index contributed by atoms with van der Waals surface area (Å²) < 4.78 is 2.03. The molecule has 0 bridgehead atoms. The number of nitrogens with zero attached hydrogens (tertiary/aromatic N) is 3. The molecule has 16 heavy (non-hydrogen) atoms. The fourth-order valence-electron chi connectivity index (χ4n) is 1.85. The Morgan fingerprint density at radius 2 is 2.25 bits per heavy atom. The molecule has 1 N–H and O–H groups in total. The van der Waals surface area contributed by atoms with Crippen molar-refractivity contribution in [3.05, 3.63) is 10.6 Å². The Balaban J connectivity index is 2.46. The third-order valence-corrected chi connectivity index (χ3v) is 3.05. The summed E-state index contributed by atoms with van der Waals surface area (Å²) >= 11 is 5.07. The number of H-pyrrole nitrogens is 1. The summed E-state index contributed by atoms with van der Waals surface area (Å²) in [6.07, 6.45) is 0.824. The molecule has 6 nitrogen and oxygen atoms in total. The van der Waals surface area contributed by atoms with E-state index < -0.39 is 6.04 Å². The van der Waals surface area contributed by atoms with Crippen LogP contribution in [0.25, 0.3) is 0 Å². The molecule has 1 aromatic heterocycles. The van der Waals surface area contributed by atoms with Gasteiger partial charge >= 0.3 is 0 Å². The second-order valence-corrected chi connectivity index (χ2v) is 4.07. The van der Waals surface area contributed by atoms with E-state index >= 15 is 0 Å². The highest BCUT2D eigenvalue weighted by molar-refractivity contribution is 7.71. The summed E-state index contributed by atoms with van der Waals surface area (Å²) in [6.45, 7) is 1.92. The van der Waals surface area contributed by atoms with Gasteiger partial charge in [0.15, 0.2) is 4.77 Å². The average Bonchev–Trinajstić information content (AvgIpc) is 2.74. The molecule has 1 unspecified atom stereocenters. The van der Waals surface area contributed by atoms with Crippen molar-refractivity contribution in [2.45, 2.75) is 25.8 Å². The van der Waals surface area contributed by atoms with Gasteiger partial charge in [0.05, 0.1) is 6.42 Å². The van der Waals surface area contributed by atoms with Crippen molar-refractivity contribution in [2.24, 2.45) is 0 Å². The maximum atomic E-state index is 11.8. The molecule has 1 aliphatic heterocycles. The van der Waals surface area contributed by atoms with E-state index in [9.17, 15) is 9.59 Å². The minimum Gasteiger partial charge on any atom is -0.291 e. The summed E-state index contributed by atoms with van der Waals surface area (Å²) in [5.74, 6) is 0.295. The number of aromatic amines is 1. The van der Waals surface area contributed by atoms with Gasteiger partial charge < -0.3 is 0 Å². The third-order valence-electron chi connectivity index (χ3n) is 2.76. The number of imide groups is 1. The molecule has 0 saturated carbocycles. The van der Waals surface area contributed by atoms with Crippen LogP contribution in [0.4, 0.5) is 0 Å². The number of amides is 2. The molecule has 2 heterocycles. The van der Waals surface area contributed by atoms with Gasteiger partial charge in [-0.05, 0) is 12.2 Å². The molecule has 0 aromatic carbocycles. The lowest BCUT2D eigenvalue weighted by Crippen LogP contribution is -2.27. The second-order valence-electron chi connectivity index (χ2n) is 3.68. The molecule has 0 radical (unpaired) electrons. The van der Waals surface area contributed by atoms with Crippen LogP contribution >= 0.6 is 12.2 Å². The Labute approximate surface area is 97.2 Å². The summed E-state index contributed by atoms with van der Waals surface area (Å²) in [6, 6.07) is -0.529. The Kier molecular flexibility index (Phi) is 2.63. The van der Waals surface area contributed by atoms with Crippen LogP contribution in [0.1, 0.15) is 25.2 Å². The highest BCUT2D eigenvalue weighted by Crippen LogP contribution is 2.24. The number of hydrogen-bond acceptors (Lipinski definition) is 4. The first-order valence-electron chi connectivity index (χ1n) is 5.02. The Bertz CT molecular complexity index is 504. The number of nitrogens with one attached hydrogen (secondary N) is 1. The summed E-state index contributed by atoms with van der Waals surface area (Å²) in [5.41, 5.74) is 0. The van der Waals surface area contributed by atoms with Crippen molar-refractivity contribution in [2.75, 3.05) is 7.05 Å². The van der Waals surface area contributed by atoms with Crippen molar-refractivity contribution >= 4 is 24.0 Å². The molecule has 0 spiro atoms. The van der Waals surface area contributed by atoms with Gasteiger partial charge in [0.1, 0.15) is 11.9 Å². The first kappa shape index (κ1) is 11.0. The lowest BCUT2D eigenvalue weighted by Gasteiger charge is -2.11. The van der Waals surface area contributed by atoms with Crippen LogP contribution in [-0.4, -0.2) is 38.5 Å². The fraction of sp³-hybridized carbons (Fsp3) is 0.556. The molecule has 2 rings (SSSR count). The van der Waals surface area contributed by atoms with Gasteiger partial charge in [-0.1, -0.05) is 6.92 Å². The zero-order chi connectivity index (χ0) is 11.9. The van der Waals surface area contributed by atoms with Crippen molar-refractivity contribution in [1.29, 1.82) is 0 Å². The van der Waals surface area contributed by atoms with E-state index in [0.29, 0.717) is 17.0 Å². The molecule has 1 saturated heterocycles. The lowest BCUT2D eigenvalue weighted by molar-refractivity contribution is -0.137. The Hall–Kier alpha value is -1.50. The topological polar surface area (TPSA) is 71.0 Å². The minimum atomic E-state index is -0.529. The summed E-state index contributed by atoms with van der Waals surface area (Å²) in [7, 11) is 1.49. The summed E-state index contributed by atoms with van der Waals surface area (Å²) in [4.78, 5) is 24.4. The van der Waals surface area contributed by atoms with E-state index in [1.54, 1.807) is 4.57 Å². The zero-order valence-electron chi connectivity index (χ0n) is 9.06. The van der Waals surface area contributed by atoms with Gasteiger partial charge in [0.2, 0.25) is 5.91 Å². The number of carbonyl (C=O) groups is 2. The largest absolute Gasteiger partial charge is 0.291 e. The van der Waals surface area contributed by atoms with Gasteiger partial charge in [-0.15, -0.1) is 0 Å². The van der Waals surface area contributed by atoms with Crippen LogP contribution in [0, 0.1) is 4.77 Å². The van der Waals surface area contributed by atoms with Crippen LogP contribution in [0.5, 0.6) is 0 Å². The lowest BCUT2D eigenvalue weighted by atomic mass is 10.2. The molecule has 2 amide bonds. The van der Waals surface area contributed by atoms with Gasteiger partial charge in [-0.3, -0.25) is 24.2 Å². The van der Waals surface area contributed by atoms with Crippen LogP contribution in [-0.2, 0) is 16.0 Å². The van der Waals surface area contributed by atoms with E-state index in [1.807, 2.05) is 6.92 Å². The molecule has 1 aromatic rings. The van der Waals surface area contributed by atoms with E-state index in [0.717, 1.165) is 4.90 Å². The molecule has 86 valence electrons. The van der Waals surface area contributed by atoms with Crippen LogP contribution < -0.4 is 0 Å². The zero-order valence-corrected chi connectivity index (χ0v) is 9.87. The predicted octanol–water partition coefficient (Wildman–Crippen LogP) is 0.433. The predicted molar refractivity (Wildman–Crippen MR) is 58.2 cm³/mol. The highest BCUT2D eigenvalue weighted by atomic mass is 32.1. The fourth-order valence-corrected chi connectivity index (χ4v) is 2.12. The Morgan fingerprint density at radius 1 is 1.56 bits per heavy atom. The van der Waals surface area contributed by atoms with Crippen molar-refractivity contribution in [3.8, 4) is 0 Å². The third kappa shape index (κ3) is 1.47. The van der Waals surface area contributed by atoms with Crippen LogP contribution in [0.15, 0.2) is 0 Å². The second kappa shape index (κ2) is 3.82. The van der Waals surface area contributed by atoms with E-state index in [-0.39, 0.29) is 18.2 Å². The maximum absolute atomic E-state index is 11.8. The SMILES string of the molecule is CCc1n[nH]c(=S)n1C1CC(=O)N(C)C1=O. The maximum Gasteiger partial charge on any atom is 0.252 e. The quantitative estimate of drug-likeness (QED) is 0.601. The van der Waals surface area contributed by atoms with Crippen molar-refractivity contribution in [1.82, 2.24) is 19.7 Å². The minimum absolute atomic E-state index is 0.163. The molecule has 1 aliphatic rings. The number of hydrogen-bond donors (Lipinski definition) is 1. The average molecular weight is 240 g/mol. The number of aryl methyl sites for hydroxylation is 1. The van der Waals surface area contributed by atoms with E-state index in [4.69, 9.17) is 12.2 Å². The van der Waals surface area contributed by atoms with Gasteiger partial charge in [0, 0.05) is 13.5 Å². The number of likely N-dealkylation sites (N-methyl/N-ethyl adjacent to an activating group) is 1. The Morgan fingerprint density at radius 3 is 2.75 bits per heavy atom. The van der Waals surface area contributed by atoms with Crippen LogP contribution in [0.2, 0.25) is 0 Å². The molecule has 7 heteroatoms. The standard InChI is InChI=1S/C9H12N4O2S/c1-3-6-10-11-9(16)13(6)5-4-7(14)12(2)8(5)15/h5H,3-4H2,1-2H3,(H,11,16). The molecule has 1 fully saturated rings. The van der Waals surface area contributed by atoms with Gasteiger partial charge in [-0.25, -0.2) is 0 Å². The normalized spacial score (nSPS) is 20.9. The molecular weight excluding hydrogens is 228 g/mol. The van der Waals surface area contributed by atoms with Crippen molar-refractivity contribution in [3.63, 3.8) is 0 Å². The number of rotatable bonds is 2.